The van der Waals surface area contributed by atoms with Crippen LogP contribution in [-0.2, 0) is 0 Å². The quantitative estimate of drug-likeness (QED) is 0.862. The lowest BCUT2D eigenvalue weighted by molar-refractivity contribution is 0.101. The maximum Gasteiger partial charge on any atom is 0.271 e. The molecule has 0 aliphatic rings. The standard InChI is InChI=1S/C10H9ClN4O/c1-7-2-3-9(11)8(4-7)10(16)14-15-5-12-13-6-15/h2-6H,1H3,(H,14,16). The van der Waals surface area contributed by atoms with Gasteiger partial charge in [0, 0.05) is 0 Å². The van der Waals surface area contributed by atoms with Crippen molar-refractivity contribution in [1.82, 2.24) is 14.9 Å². The monoisotopic (exact) mass is 236 g/mol. The molecule has 1 heterocycles. The van der Waals surface area contributed by atoms with Crippen molar-refractivity contribution in [3.63, 3.8) is 0 Å². The van der Waals surface area contributed by atoms with Crippen molar-refractivity contribution < 1.29 is 4.79 Å². The number of benzene rings is 1. The normalized spacial score (nSPS) is 10.1. The van der Waals surface area contributed by atoms with E-state index in [0.717, 1.165) is 5.56 Å². The lowest BCUT2D eigenvalue weighted by atomic mass is 10.1. The van der Waals surface area contributed by atoms with Gasteiger partial charge in [-0.3, -0.25) is 10.2 Å². The van der Waals surface area contributed by atoms with E-state index in [1.807, 2.05) is 13.0 Å². The predicted octanol–water partition coefficient (Wildman–Crippen LogP) is 1.62. The Kier molecular flexibility index (Phi) is 2.87. The molecule has 6 heteroatoms. The predicted molar refractivity (Wildman–Crippen MR) is 59.9 cm³/mol. The maximum atomic E-state index is 11.8. The maximum absolute atomic E-state index is 11.8. The van der Waals surface area contributed by atoms with Crippen LogP contribution in [0, 0.1) is 6.92 Å². The number of hydrogen-bond acceptors (Lipinski definition) is 3. The summed E-state index contributed by atoms with van der Waals surface area (Å²) in [6.45, 7) is 1.89. The molecule has 0 unspecified atom stereocenters. The molecule has 1 aromatic heterocycles. The molecule has 82 valence electrons. The number of halogens is 1. The fourth-order valence-corrected chi connectivity index (χ4v) is 1.45. The van der Waals surface area contributed by atoms with E-state index < -0.39 is 0 Å². The summed E-state index contributed by atoms with van der Waals surface area (Å²) >= 11 is 5.93. The summed E-state index contributed by atoms with van der Waals surface area (Å²) in [6.07, 6.45) is 2.78. The van der Waals surface area contributed by atoms with Crippen molar-refractivity contribution in [2.45, 2.75) is 6.92 Å². The lowest BCUT2D eigenvalue weighted by Crippen LogP contribution is -2.21. The number of nitrogens with one attached hydrogen (secondary N) is 1. The first-order chi connectivity index (χ1) is 7.66. The average Bonchev–Trinajstić information content (AvgIpc) is 2.74. The van der Waals surface area contributed by atoms with Gasteiger partial charge in [-0.1, -0.05) is 23.2 Å². The summed E-state index contributed by atoms with van der Waals surface area (Å²) in [6, 6.07) is 5.26. The zero-order chi connectivity index (χ0) is 11.5. The summed E-state index contributed by atoms with van der Waals surface area (Å²) in [5, 5.41) is 7.56. The molecule has 2 rings (SSSR count). The van der Waals surface area contributed by atoms with Gasteiger partial charge in [0.1, 0.15) is 12.7 Å². The first-order valence-corrected chi connectivity index (χ1v) is 4.97. The molecule has 0 fully saturated rings. The highest BCUT2D eigenvalue weighted by Gasteiger charge is 2.10. The Bertz CT molecular complexity index is 510. The van der Waals surface area contributed by atoms with E-state index in [1.165, 1.54) is 17.3 Å². The van der Waals surface area contributed by atoms with Gasteiger partial charge in [-0.25, -0.2) is 4.68 Å². The van der Waals surface area contributed by atoms with Crippen molar-refractivity contribution in [1.29, 1.82) is 0 Å². The minimum atomic E-state index is -0.298. The number of carbonyl (C=O) groups excluding carboxylic acids is 1. The molecule has 0 aliphatic heterocycles. The summed E-state index contributed by atoms with van der Waals surface area (Å²) in [7, 11) is 0. The van der Waals surface area contributed by atoms with Crippen LogP contribution in [0.25, 0.3) is 0 Å². The Hall–Kier alpha value is -1.88. The van der Waals surface area contributed by atoms with E-state index >= 15 is 0 Å². The van der Waals surface area contributed by atoms with Gasteiger partial charge in [-0.2, -0.15) is 0 Å². The Morgan fingerprint density at radius 3 is 2.75 bits per heavy atom. The van der Waals surface area contributed by atoms with E-state index in [0.29, 0.717) is 10.6 Å². The number of aryl methyl sites for hydroxylation is 1. The van der Waals surface area contributed by atoms with Crippen molar-refractivity contribution in [3.8, 4) is 0 Å². The van der Waals surface area contributed by atoms with Crippen LogP contribution in [0.4, 0.5) is 0 Å². The first-order valence-electron chi connectivity index (χ1n) is 4.59. The molecule has 1 amide bonds. The van der Waals surface area contributed by atoms with Crippen LogP contribution in [0.5, 0.6) is 0 Å². The molecule has 0 saturated carbocycles. The molecular formula is C10H9ClN4O. The van der Waals surface area contributed by atoms with Crippen LogP contribution in [0.15, 0.2) is 30.9 Å². The molecular weight excluding hydrogens is 228 g/mol. The number of rotatable bonds is 2. The SMILES string of the molecule is Cc1ccc(Cl)c(C(=O)Nn2cnnc2)c1. The average molecular weight is 237 g/mol. The van der Waals surface area contributed by atoms with E-state index in [2.05, 4.69) is 15.6 Å². The molecule has 0 aliphatic carbocycles. The van der Waals surface area contributed by atoms with Gasteiger partial charge in [0.25, 0.3) is 5.91 Å². The summed E-state index contributed by atoms with van der Waals surface area (Å²) in [5.41, 5.74) is 3.97. The Labute approximate surface area is 97.0 Å². The zero-order valence-electron chi connectivity index (χ0n) is 8.51. The van der Waals surface area contributed by atoms with E-state index in [-0.39, 0.29) is 5.91 Å². The van der Waals surface area contributed by atoms with Crippen molar-refractivity contribution >= 4 is 17.5 Å². The Morgan fingerprint density at radius 2 is 2.06 bits per heavy atom. The number of nitrogens with zero attached hydrogens (tertiary/aromatic N) is 3. The van der Waals surface area contributed by atoms with E-state index in [4.69, 9.17) is 11.6 Å². The topological polar surface area (TPSA) is 59.8 Å². The third-order valence-corrected chi connectivity index (χ3v) is 2.35. The van der Waals surface area contributed by atoms with Gasteiger partial charge >= 0.3 is 0 Å². The minimum Gasteiger partial charge on any atom is -0.267 e. The molecule has 0 bridgehead atoms. The summed E-state index contributed by atoms with van der Waals surface area (Å²) < 4.78 is 1.36. The molecule has 1 N–H and O–H groups in total. The third kappa shape index (κ3) is 2.20. The van der Waals surface area contributed by atoms with E-state index in [1.54, 1.807) is 12.1 Å². The van der Waals surface area contributed by atoms with Gasteiger partial charge in [-0.15, -0.1) is 10.2 Å². The van der Waals surface area contributed by atoms with Gasteiger partial charge in [-0.05, 0) is 19.1 Å². The molecule has 1 aromatic carbocycles. The molecule has 2 aromatic rings. The van der Waals surface area contributed by atoms with Crippen LogP contribution in [0.2, 0.25) is 5.02 Å². The number of amides is 1. The first kappa shape index (κ1) is 10.6. The fourth-order valence-electron chi connectivity index (χ4n) is 1.25. The molecule has 0 saturated heterocycles. The van der Waals surface area contributed by atoms with Gasteiger partial charge in [0.05, 0.1) is 10.6 Å². The Balaban J connectivity index is 2.24. The second kappa shape index (κ2) is 4.32. The highest BCUT2D eigenvalue weighted by atomic mass is 35.5. The van der Waals surface area contributed by atoms with Crippen LogP contribution in [0.3, 0.4) is 0 Å². The molecule has 5 nitrogen and oxygen atoms in total. The lowest BCUT2D eigenvalue weighted by Gasteiger charge is -2.06. The fraction of sp³-hybridized carbons (Fsp3) is 0.100. The summed E-state index contributed by atoms with van der Waals surface area (Å²) in [4.78, 5) is 11.8. The van der Waals surface area contributed by atoms with E-state index in [9.17, 15) is 4.79 Å². The molecule has 0 radical (unpaired) electrons. The largest absolute Gasteiger partial charge is 0.271 e. The zero-order valence-corrected chi connectivity index (χ0v) is 9.27. The molecule has 16 heavy (non-hydrogen) atoms. The minimum absolute atomic E-state index is 0.298. The number of aromatic nitrogens is 3. The van der Waals surface area contributed by atoms with Gasteiger partial charge < -0.3 is 0 Å². The van der Waals surface area contributed by atoms with Gasteiger partial charge in [0.15, 0.2) is 0 Å². The number of carbonyl (C=O) groups is 1. The van der Waals surface area contributed by atoms with Crippen LogP contribution < -0.4 is 5.43 Å². The Morgan fingerprint density at radius 1 is 1.38 bits per heavy atom. The number of hydrogen-bond donors (Lipinski definition) is 1. The van der Waals surface area contributed by atoms with Gasteiger partial charge in [0.2, 0.25) is 0 Å². The van der Waals surface area contributed by atoms with Crippen molar-refractivity contribution in [2.75, 3.05) is 5.43 Å². The third-order valence-electron chi connectivity index (χ3n) is 2.02. The van der Waals surface area contributed by atoms with Crippen LogP contribution in [0.1, 0.15) is 15.9 Å². The summed E-state index contributed by atoms with van der Waals surface area (Å²) in [5.74, 6) is -0.298. The highest BCUT2D eigenvalue weighted by Crippen LogP contribution is 2.17. The van der Waals surface area contributed by atoms with Crippen LogP contribution in [-0.4, -0.2) is 20.8 Å². The second-order valence-corrected chi connectivity index (χ2v) is 3.70. The van der Waals surface area contributed by atoms with Crippen molar-refractivity contribution in [2.24, 2.45) is 0 Å². The molecule has 0 atom stereocenters. The molecule has 0 spiro atoms. The highest BCUT2D eigenvalue weighted by molar-refractivity contribution is 6.34. The van der Waals surface area contributed by atoms with Crippen LogP contribution >= 0.6 is 11.6 Å². The smallest absolute Gasteiger partial charge is 0.267 e. The van der Waals surface area contributed by atoms with Crippen molar-refractivity contribution in [3.05, 3.63) is 47.0 Å². The second-order valence-electron chi connectivity index (χ2n) is 3.29.